The van der Waals surface area contributed by atoms with Gasteiger partial charge in [0.05, 0.1) is 10.4 Å². The van der Waals surface area contributed by atoms with Gasteiger partial charge in [-0.15, -0.1) is 0 Å². The molecule has 0 fully saturated rings. The molecule has 1 aliphatic rings. The summed E-state index contributed by atoms with van der Waals surface area (Å²) in [7, 11) is -3.92. The zero-order chi connectivity index (χ0) is 23.1. The predicted octanol–water partition coefficient (Wildman–Crippen LogP) is 6.23. The molecule has 4 rings (SSSR count). The first-order chi connectivity index (χ1) is 15.1. The first-order valence-electron chi connectivity index (χ1n) is 10.9. The number of rotatable bonds is 6. The highest BCUT2D eigenvalue weighted by atomic mass is 32.2. The van der Waals surface area contributed by atoms with Crippen LogP contribution < -0.4 is 4.72 Å². The van der Waals surface area contributed by atoms with E-state index in [1.807, 2.05) is 52.0 Å². The quantitative estimate of drug-likeness (QED) is 0.483. The molecule has 0 saturated carbocycles. The Bertz CT molecular complexity index is 1180. The van der Waals surface area contributed by atoms with Crippen molar-refractivity contribution in [3.63, 3.8) is 0 Å². The fourth-order valence-electron chi connectivity index (χ4n) is 4.64. The van der Waals surface area contributed by atoms with Crippen LogP contribution in [0.15, 0.2) is 77.7 Å². The van der Waals surface area contributed by atoms with Gasteiger partial charge < -0.3 is 0 Å². The van der Waals surface area contributed by atoms with E-state index in [2.05, 4.69) is 29.0 Å². The van der Waals surface area contributed by atoms with E-state index in [4.69, 9.17) is 0 Å². The monoisotopic (exact) mass is 451 g/mol. The van der Waals surface area contributed by atoms with E-state index in [-0.39, 0.29) is 10.8 Å². The van der Waals surface area contributed by atoms with E-state index in [1.165, 1.54) is 0 Å². The fraction of sp³-hybridized carbons (Fsp3) is 0.333. The fourth-order valence-corrected chi connectivity index (χ4v) is 6.22. The number of aryl methyl sites for hydroxylation is 1. The lowest BCUT2D eigenvalue weighted by atomic mass is 9.69. The largest absolute Gasteiger partial charge is 0.249 e. The van der Waals surface area contributed by atoms with E-state index in [9.17, 15) is 12.8 Å². The van der Waals surface area contributed by atoms with Crippen LogP contribution in [0.1, 0.15) is 49.8 Å². The summed E-state index contributed by atoms with van der Waals surface area (Å²) < 4.78 is 44.5. The predicted molar refractivity (Wildman–Crippen MR) is 128 cm³/mol. The molecule has 1 unspecified atom stereocenters. The van der Waals surface area contributed by atoms with Gasteiger partial charge in [0.25, 0.3) is 0 Å². The number of hydrogen-bond donors (Lipinski definition) is 1. The number of nitrogens with one attached hydrogen (secondary N) is 1. The van der Waals surface area contributed by atoms with Crippen LogP contribution in [0.25, 0.3) is 11.1 Å². The Morgan fingerprint density at radius 1 is 0.844 bits per heavy atom. The molecule has 0 saturated heterocycles. The van der Waals surface area contributed by atoms with Crippen LogP contribution in [0.5, 0.6) is 0 Å². The van der Waals surface area contributed by atoms with E-state index in [1.54, 1.807) is 24.3 Å². The summed E-state index contributed by atoms with van der Waals surface area (Å²) in [5.74, 6) is -0.0990. The van der Waals surface area contributed by atoms with Crippen LogP contribution in [0.3, 0.4) is 0 Å². The van der Waals surface area contributed by atoms with Crippen molar-refractivity contribution < 1.29 is 12.8 Å². The first kappa shape index (κ1) is 22.7. The van der Waals surface area contributed by atoms with Crippen molar-refractivity contribution in [2.45, 2.75) is 50.5 Å². The minimum atomic E-state index is -3.92. The van der Waals surface area contributed by atoms with Crippen molar-refractivity contribution in [2.24, 2.45) is 5.41 Å². The highest BCUT2D eigenvalue weighted by molar-refractivity contribution is 7.89. The highest BCUT2D eigenvalue weighted by Gasteiger charge is 2.48. The van der Waals surface area contributed by atoms with Gasteiger partial charge in [0.2, 0.25) is 10.0 Å². The van der Waals surface area contributed by atoms with Gasteiger partial charge in [0.15, 0.2) is 0 Å². The zero-order valence-corrected chi connectivity index (χ0v) is 19.8. The third-order valence-corrected chi connectivity index (χ3v) is 8.39. The number of fused-ring (bicyclic) bond motifs is 3. The molecule has 0 amide bonds. The average Bonchev–Trinajstić information content (AvgIpc) is 3.06. The van der Waals surface area contributed by atoms with Crippen molar-refractivity contribution >= 4 is 10.0 Å². The molecule has 5 heteroatoms. The molecular weight excluding hydrogens is 421 g/mol. The zero-order valence-electron chi connectivity index (χ0n) is 19.0. The molecule has 0 heterocycles. The second-order valence-corrected chi connectivity index (χ2v) is 11.5. The van der Waals surface area contributed by atoms with Crippen molar-refractivity contribution in [2.75, 3.05) is 6.67 Å². The van der Waals surface area contributed by atoms with Crippen LogP contribution >= 0.6 is 0 Å². The third-order valence-electron chi connectivity index (χ3n) is 6.84. The molecule has 3 aromatic rings. The van der Waals surface area contributed by atoms with Gasteiger partial charge in [0, 0.05) is 5.92 Å². The smallest absolute Gasteiger partial charge is 0.241 e. The lowest BCUT2D eigenvalue weighted by molar-refractivity contribution is 0.111. The normalized spacial score (nSPS) is 15.8. The van der Waals surface area contributed by atoms with Gasteiger partial charge in [0.1, 0.15) is 6.67 Å². The van der Waals surface area contributed by atoms with Gasteiger partial charge in [-0.3, -0.25) is 0 Å². The molecule has 0 radical (unpaired) electrons. The summed E-state index contributed by atoms with van der Waals surface area (Å²) in [6, 6.07) is 22.9. The maximum Gasteiger partial charge on any atom is 0.241 e. The Morgan fingerprint density at radius 2 is 1.34 bits per heavy atom. The Morgan fingerprint density at radius 3 is 1.81 bits per heavy atom. The molecule has 0 spiro atoms. The summed E-state index contributed by atoms with van der Waals surface area (Å²) >= 11 is 0. The minimum absolute atomic E-state index is 0.0990. The summed E-state index contributed by atoms with van der Waals surface area (Å²) in [5, 5.41) is 0. The summed E-state index contributed by atoms with van der Waals surface area (Å²) in [4.78, 5) is 0.150. The second-order valence-electron chi connectivity index (χ2n) is 9.82. The van der Waals surface area contributed by atoms with Gasteiger partial charge in [-0.1, -0.05) is 87.0 Å². The van der Waals surface area contributed by atoms with Crippen LogP contribution in [0.4, 0.5) is 4.39 Å². The maximum absolute atomic E-state index is 15.0. The molecule has 0 aromatic heterocycles. The van der Waals surface area contributed by atoms with Crippen molar-refractivity contribution in [1.29, 1.82) is 0 Å². The molecule has 1 aliphatic carbocycles. The number of hydrogen-bond acceptors (Lipinski definition) is 2. The Balaban J connectivity index is 1.79. The van der Waals surface area contributed by atoms with Crippen molar-refractivity contribution in [3.8, 4) is 11.1 Å². The molecule has 0 bridgehead atoms. The van der Waals surface area contributed by atoms with Gasteiger partial charge >= 0.3 is 0 Å². The molecule has 0 aliphatic heterocycles. The van der Waals surface area contributed by atoms with Gasteiger partial charge in [-0.2, -0.15) is 0 Å². The number of alkyl halides is 1. The molecule has 32 heavy (non-hydrogen) atoms. The van der Waals surface area contributed by atoms with E-state index in [0.717, 1.165) is 27.8 Å². The average molecular weight is 452 g/mol. The Kier molecular flexibility index (Phi) is 5.76. The number of halogens is 1. The Hall–Kier alpha value is -2.50. The van der Waals surface area contributed by atoms with Gasteiger partial charge in [-0.25, -0.2) is 17.5 Å². The van der Waals surface area contributed by atoms with Crippen LogP contribution in [0, 0.1) is 12.3 Å². The lowest BCUT2D eigenvalue weighted by Gasteiger charge is -2.45. The van der Waals surface area contributed by atoms with E-state index < -0.39 is 27.7 Å². The Labute approximate surface area is 190 Å². The van der Waals surface area contributed by atoms with Crippen LogP contribution in [-0.2, 0) is 10.0 Å². The molecular formula is C27H30FNO2S. The number of sulfonamides is 1. The van der Waals surface area contributed by atoms with E-state index in [0.29, 0.717) is 6.42 Å². The highest BCUT2D eigenvalue weighted by Crippen LogP contribution is 2.50. The molecule has 168 valence electrons. The molecule has 3 nitrogen and oxygen atoms in total. The second kappa shape index (κ2) is 8.13. The summed E-state index contributed by atoms with van der Waals surface area (Å²) in [6.07, 6.45) is 0.326. The minimum Gasteiger partial charge on any atom is -0.249 e. The standard InChI is InChI=1S/C27H30FNO2S/c1-19-13-15-20(16-14-19)32(30,31)29-27(18-28,26(2,3)4)17-25-23-11-7-5-9-21(23)22-10-6-8-12-24(22)25/h5-16,25,29H,17-18H2,1-4H3. The van der Waals surface area contributed by atoms with Gasteiger partial charge in [-0.05, 0) is 53.1 Å². The summed E-state index contributed by atoms with van der Waals surface area (Å²) in [6.45, 7) is 6.80. The molecule has 1 N–H and O–H groups in total. The maximum atomic E-state index is 15.0. The third kappa shape index (κ3) is 3.89. The first-order valence-corrected chi connectivity index (χ1v) is 12.4. The van der Waals surface area contributed by atoms with E-state index >= 15 is 0 Å². The van der Waals surface area contributed by atoms with Crippen molar-refractivity contribution in [1.82, 2.24) is 4.72 Å². The lowest BCUT2D eigenvalue weighted by Crippen LogP contribution is -2.59. The SMILES string of the molecule is Cc1ccc(S(=O)(=O)NC(CF)(CC2c3ccccc3-c3ccccc32)C(C)(C)C)cc1. The topological polar surface area (TPSA) is 46.2 Å². The molecule has 1 atom stereocenters. The van der Waals surface area contributed by atoms with Crippen LogP contribution in [0.2, 0.25) is 0 Å². The molecule has 3 aromatic carbocycles. The summed E-state index contributed by atoms with van der Waals surface area (Å²) in [5.41, 5.74) is 3.52. The number of benzene rings is 3. The van der Waals surface area contributed by atoms with Crippen LogP contribution in [-0.4, -0.2) is 20.6 Å². The van der Waals surface area contributed by atoms with Crippen molar-refractivity contribution in [3.05, 3.63) is 89.5 Å².